The molecule has 0 saturated carbocycles. The van der Waals surface area contributed by atoms with Crippen LogP contribution in [0.4, 0.5) is 0 Å². The number of fused-ring (bicyclic) bond motifs is 1. The van der Waals surface area contributed by atoms with Gasteiger partial charge in [0, 0.05) is 25.5 Å². The van der Waals surface area contributed by atoms with E-state index < -0.39 is 10.0 Å². The van der Waals surface area contributed by atoms with Gasteiger partial charge in [0.15, 0.2) is 0 Å². The van der Waals surface area contributed by atoms with E-state index in [9.17, 15) is 13.2 Å². The van der Waals surface area contributed by atoms with Crippen molar-refractivity contribution in [2.45, 2.75) is 25.3 Å². The van der Waals surface area contributed by atoms with Crippen molar-refractivity contribution in [2.75, 3.05) is 19.8 Å². The molecule has 5 nitrogen and oxygen atoms in total. The molecule has 7 heteroatoms. The van der Waals surface area contributed by atoms with Crippen LogP contribution in [0, 0.1) is 0 Å². The first-order chi connectivity index (χ1) is 9.81. The predicted molar refractivity (Wildman–Crippen MR) is 82.7 cm³/mol. The summed E-state index contributed by atoms with van der Waals surface area (Å²) in [6.45, 7) is 0. The summed E-state index contributed by atoms with van der Waals surface area (Å²) in [5.41, 5.74) is 2.11. The molecule has 0 aliphatic heterocycles. The molecular formula is C14H19ClN2O3S. The van der Waals surface area contributed by atoms with Crippen LogP contribution in [0.1, 0.15) is 30.0 Å². The number of carbonyl (C=O) groups excluding carboxylic acids is 1. The largest absolute Gasteiger partial charge is 0.349 e. The van der Waals surface area contributed by atoms with Gasteiger partial charge in [0.05, 0.1) is 11.8 Å². The molecule has 1 aliphatic carbocycles. The summed E-state index contributed by atoms with van der Waals surface area (Å²) in [6, 6.07) is 5.58. The molecule has 1 aromatic carbocycles. The van der Waals surface area contributed by atoms with Crippen molar-refractivity contribution in [1.29, 1.82) is 0 Å². The predicted octanol–water partition coefficient (Wildman–Crippen LogP) is 1.73. The fraction of sp³-hybridized carbons (Fsp3) is 0.500. The molecule has 1 aromatic rings. The minimum atomic E-state index is -3.34. The normalized spacial score (nSPS) is 17.8. The van der Waals surface area contributed by atoms with Crippen LogP contribution >= 0.6 is 11.6 Å². The maximum atomic E-state index is 11.9. The van der Waals surface area contributed by atoms with Crippen molar-refractivity contribution in [3.05, 3.63) is 34.3 Å². The Morgan fingerprint density at radius 2 is 2.14 bits per heavy atom. The molecule has 0 bridgehead atoms. The first-order valence-corrected chi connectivity index (χ1v) is 8.77. The average molecular weight is 331 g/mol. The molecule has 0 spiro atoms. The minimum Gasteiger partial charge on any atom is -0.349 e. The number of sulfonamides is 1. The van der Waals surface area contributed by atoms with Crippen molar-refractivity contribution in [3.8, 4) is 0 Å². The van der Waals surface area contributed by atoms with Crippen molar-refractivity contribution < 1.29 is 13.2 Å². The quantitative estimate of drug-likeness (QED) is 0.894. The van der Waals surface area contributed by atoms with Crippen LogP contribution < -0.4 is 5.32 Å². The second-order valence-electron chi connectivity index (χ2n) is 5.31. The van der Waals surface area contributed by atoms with E-state index in [1.54, 1.807) is 0 Å². The molecule has 21 heavy (non-hydrogen) atoms. The lowest BCUT2D eigenvalue weighted by Gasteiger charge is -2.15. The lowest BCUT2D eigenvalue weighted by molar-refractivity contribution is -0.121. The Kier molecular flexibility index (Phi) is 4.91. The molecule has 1 N–H and O–H groups in total. The van der Waals surface area contributed by atoms with E-state index in [1.165, 1.54) is 14.1 Å². The smallest absolute Gasteiger partial charge is 0.221 e. The summed E-state index contributed by atoms with van der Waals surface area (Å²) in [4.78, 5) is 11.9. The van der Waals surface area contributed by atoms with Gasteiger partial charge in [-0.2, -0.15) is 0 Å². The fourth-order valence-corrected chi connectivity index (χ4v) is 3.52. The zero-order valence-electron chi connectivity index (χ0n) is 12.1. The average Bonchev–Trinajstić information content (AvgIpc) is 2.81. The van der Waals surface area contributed by atoms with Gasteiger partial charge in [0.25, 0.3) is 0 Å². The summed E-state index contributed by atoms with van der Waals surface area (Å²) < 4.78 is 24.4. The third-order valence-corrected chi connectivity index (χ3v) is 5.88. The van der Waals surface area contributed by atoms with Gasteiger partial charge in [0.1, 0.15) is 0 Å². The van der Waals surface area contributed by atoms with Gasteiger partial charge >= 0.3 is 0 Å². The van der Waals surface area contributed by atoms with Crippen molar-refractivity contribution in [3.63, 3.8) is 0 Å². The summed E-state index contributed by atoms with van der Waals surface area (Å²) in [7, 11) is -0.421. The third kappa shape index (κ3) is 3.75. The minimum absolute atomic E-state index is 0.0348. The van der Waals surface area contributed by atoms with Crippen LogP contribution in [0.2, 0.25) is 5.02 Å². The molecule has 0 unspecified atom stereocenters. The number of nitrogens with one attached hydrogen (secondary N) is 1. The zero-order valence-corrected chi connectivity index (χ0v) is 13.7. The maximum Gasteiger partial charge on any atom is 0.221 e. The van der Waals surface area contributed by atoms with E-state index >= 15 is 0 Å². The summed E-state index contributed by atoms with van der Waals surface area (Å²) in [5, 5.41) is 3.61. The number of carbonyl (C=O) groups is 1. The standard InChI is InChI=1S/C14H19ClN2O3S/c1-17(2)21(19,20)9-8-14(18)16-13-7-6-10-11(13)4-3-5-12(10)15/h3-5,13H,6-9H2,1-2H3,(H,16,18)/t13-/m1/s1. The fourth-order valence-electron chi connectivity index (χ4n) is 2.43. The zero-order chi connectivity index (χ0) is 15.6. The first-order valence-electron chi connectivity index (χ1n) is 6.78. The Morgan fingerprint density at radius 1 is 1.43 bits per heavy atom. The van der Waals surface area contributed by atoms with Crippen LogP contribution in [0.5, 0.6) is 0 Å². The third-order valence-electron chi connectivity index (χ3n) is 3.69. The Labute approximate surface area is 130 Å². The molecule has 116 valence electrons. The van der Waals surface area contributed by atoms with Crippen molar-refractivity contribution in [2.24, 2.45) is 0 Å². The Bertz CT molecular complexity index is 644. The lowest BCUT2D eigenvalue weighted by Crippen LogP contribution is -2.31. The van der Waals surface area contributed by atoms with Crippen LogP contribution in [-0.4, -0.2) is 38.5 Å². The van der Waals surface area contributed by atoms with Gasteiger partial charge in [-0.3, -0.25) is 4.79 Å². The summed E-state index contributed by atoms with van der Waals surface area (Å²) in [5.74, 6) is -0.431. The van der Waals surface area contributed by atoms with E-state index in [1.807, 2.05) is 18.2 Å². The number of halogens is 1. The van der Waals surface area contributed by atoms with Crippen LogP contribution in [-0.2, 0) is 21.2 Å². The molecule has 1 aliphatic rings. The highest BCUT2D eigenvalue weighted by Gasteiger charge is 2.26. The molecule has 0 radical (unpaired) electrons. The second-order valence-corrected chi connectivity index (χ2v) is 8.02. The van der Waals surface area contributed by atoms with Gasteiger partial charge in [-0.15, -0.1) is 0 Å². The molecule has 2 rings (SSSR count). The molecular weight excluding hydrogens is 312 g/mol. The number of amides is 1. The monoisotopic (exact) mass is 330 g/mol. The molecule has 1 amide bonds. The van der Waals surface area contributed by atoms with E-state index in [4.69, 9.17) is 11.6 Å². The first kappa shape index (κ1) is 16.3. The highest BCUT2D eigenvalue weighted by atomic mass is 35.5. The van der Waals surface area contributed by atoms with Gasteiger partial charge in [-0.25, -0.2) is 12.7 Å². The SMILES string of the molecule is CN(C)S(=O)(=O)CCC(=O)N[C@@H]1CCc2c(Cl)cccc21. The molecule has 0 heterocycles. The van der Waals surface area contributed by atoms with E-state index in [2.05, 4.69) is 5.32 Å². The maximum absolute atomic E-state index is 11.9. The van der Waals surface area contributed by atoms with E-state index in [-0.39, 0.29) is 24.1 Å². The second kappa shape index (κ2) is 6.34. The molecule has 0 aromatic heterocycles. The number of benzene rings is 1. The molecule has 1 atom stereocenters. The lowest BCUT2D eigenvalue weighted by atomic mass is 10.1. The van der Waals surface area contributed by atoms with E-state index in [0.717, 1.165) is 33.3 Å². The van der Waals surface area contributed by atoms with Gasteiger partial charge < -0.3 is 5.32 Å². The Morgan fingerprint density at radius 3 is 2.81 bits per heavy atom. The molecule has 0 fully saturated rings. The molecule has 0 saturated heterocycles. The van der Waals surface area contributed by atoms with Crippen molar-refractivity contribution in [1.82, 2.24) is 9.62 Å². The summed E-state index contributed by atoms with van der Waals surface area (Å²) in [6.07, 6.45) is 1.59. The van der Waals surface area contributed by atoms with Gasteiger partial charge in [-0.1, -0.05) is 23.7 Å². The summed E-state index contributed by atoms with van der Waals surface area (Å²) >= 11 is 6.13. The van der Waals surface area contributed by atoms with Gasteiger partial charge in [0.2, 0.25) is 15.9 Å². The van der Waals surface area contributed by atoms with Gasteiger partial charge in [-0.05, 0) is 30.0 Å². The Hall–Kier alpha value is -1.11. The Balaban J connectivity index is 1.96. The highest BCUT2D eigenvalue weighted by molar-refractivity contribution is 7.89. The van der Waals surface area contributed by atoms with E-state index in [0.29, 0.717) is 0 Å². The van der Waals surface area contributed by atoms with Crippen LogP contribution in [0.25, 0.3) is 0 Å². The number of hydrogen-bond acceptors (Lipinski definition) is 3. The topological polar surface area (TPSA) is 66.5 Å². The number of nitrogens with zero attached hydrogens (tertiary/aromatic N) is 1. The van der Waals surface area contributed by atoms with Crippen LogP contribution in [0.3, 0.4) is 0 Å². The van der Waals surface area contributed by atoms with Crippen molar-refractivity contribution >= 4 is 27.5 Å². The highest BCUT2D eigenvalue weighted by Crippen LogP contribution is 2.35. The number of hydrogen-bond donors (Lipinski definition) is 1. The van der Waals surface area contributed by atoms with Crippen LogP contribution in [0.15, 0.2) is 18.2 Å². The number of rotatable bonds is 5.